The van der Waals surface area contributed by atoms with E-state index in [1.807, 2.05) is 0 Å². The van der Waals surface area contributed by atoms with Crippen LogP contribution < -0.4 is 4.74 Å². The van der Waals surface area contributed by atoms with Gasteiger partial charge in [0.15, 0.2) is 11.4 Å². The maximum Gasteiger partial charge on any atom is 0.357 e. The van der Waals surface area contributed by atoms with Crippen LogP contribution in [0, 0.1) is 10.1 Å². The summed E-state index contributed by atoms with van der Waals surface area (Å²) in [4.78, 5) is 25.1. The summed E-state index contributed by atoms with van der Waals surface area (Å²) in [6.45, 7) is 0.787. The van der Waals surface area contributed by atoms with E-state index in [0.29, 0.717) is 18.5 Å². The first-order valence-corrected chi connectivity index (χ1v) is 7.62. The standard InChI is InChI=1S/C16H14N4O6/c21-16(22)12-10-26-15(18-12)11-8-17-19(9-11)6-3-7-25-14-5-2-1-4-13(14)20(23)24/h1-2,4-5,8-10H,3,6-7H2,(H,21,22). The smallest absolute Gasteiger partial charge is 0.357 e. The molecule has 2 aromatic heterocycles. The van der Waals surface area contributed by atoms with E-state index < -0.39 is 10.9 Å². The number of aromatic nitrogens is 3. The number of nitro benzene ring substituents is 1. The minimum atomic E-state index is -1.17. The van der Waals surface area contributed by atoms with E-state index in [1.165, 1.54) is 12.3 Å². The van der Waals surface area contributed by atoms with Crippen molar-refractivity contribution in [1.82, 2.24) is 14.8 Å². The molecule has 0 amide bonds. The lowest BCUT2D eigenvalue weighted by atomic mass is 10.3. The van der Waals surface area contributed by atoms with Crippen molar-refractivity contribution in [1.29, 1.82) is 0 Å². The second kappa shape index (κ2) is 7.47. The van der Waals surface area contributed by atoms with Crippen molar-refractivity contribution < 1.29 is 24.0 Å². The molecule has 0 saturated carbocycles. The number of ether oxygens (including phenoxy) is 1. The van der Waals surface area contributed by atoms with Crippen LogP contribution in [0.5, 0.6) is 5.75 Å². The number of nitrogens with zero attached hydrogens (tertiary/aromatic N) is 4. The van der Waals surface area contributed by atoms with Crippen LogP contribution in [0.3, 0.4) is 0 Å². The van der Waals surface area contributed by atoms with Crippen LogP contribution in [0.4, 0.5) is 5.69 Å². The molecular formula is C16H14N4O6. The van der Waals surface area contributed by atoms with Crippen LogP contribution in [0.2, 0.25) is 0 Å². The Bertz CT molecular complexity index is 932. The van der Waals surface area contributed by atoms with Crippen molar-refractivity contribution in [3.05, 3.63) is 58.7 Å². The van der Waals surface area contributed by atoms with Crippen molar-refractivity contribution in [2.45, 2.75) is 13.0 Å². The number of oxazole rings is 1. The molecule has 0 aliphatic heterocycles. The fourth-order valence-corrected chi connectivity index (χ4v) is 2.24. The highest BCUT2D eigenvalue weighted by atomic mass is 16.6. The largest absolute Gasteiger partial charge is 0.487 e. The highest BCUT2D eigenvalue weighted by molar-refractivity contribution is 5.85. The first kappa shape index (κ1) is 17.1. The lowest BCUT2D eigenvalue weighted by molar-refractivity contribution is -0.385. The van der Waals surface area contributed by atoms with Crippen LogP contribution >= 0.6 is 0 Å². The summed E-state index contributed by atoms with van der Waals surface area (Å²) in [7, 11) is 0. The average Bonchev–Trinajstić information content (AvgIpc) is 3.28. The van der Waals surface area contributed by atoms with Crippen LogP contribution in [0.1, 0.15) is 16.9 Å². The Morgan fingerprint density at radius 3 is 2.92 bits per heavy atom. The number of hydrogen-bond acceptors (Lipinski definition) is 7. The second-order valence-corrected chi connectivity index (χ2v) is 5.26. The Morgan fingerprint density at radius 1 is 1.38 bits per heavy atom. The molecule has 0 fully saturated rings. The maximum absolute atomic E-state index is 10.9. The van der Waals surface area contributed by atoms with Crippen LogP contribution in [0.25, 0.3) is 11.5 Å². The van der Waals surface area contributed by atoms with Gasteiger partial charge in [0.1, 0.15) is 6.26 Å². The van der Waals surface area contributed by atoms with E-state index in [2.05, 4.69) is 10.1 Å². The van der Waals surface area contributed by atoms with Crippen molar-refractivity contribution >= 4 is 11.7 Å². The predicted octanol–water partition coefficient (Wildman–Crippen LogP) is 2.61. The molecule has 10 heteroatoms. The topological polar surface area (TPSA) is 134 Å². The Morgan fingerprint density at radius 2 is 2.19 bits per heavy atom. The Balaban J connectivity index is 1.54. The number of hydrogen-bond donors (Lipinski definition) is 1. The van der Waals surface area contributed by atoms with Gasteiger partial charge in [-0.2, -0.15) is 5.10 Å². The molecule has 10 nitrogen and oxygen atoms in total. The summed E-state index contributed by atoms with van der Waals surface area (Å²) >= 11 is 0. The molecule has 0 bridgehead atoms. The second-order valence-electron chi connectivity index (χ2n) is 5.26. The van der Waals surface area contributed by atoms with Gasteiger partial charge in [0, 0.05) is 25.2 Å². The van der Waals surface area contributed by atoms with E-state index in [0.717, 1.165) is 6.26 Å². The first-order chi connectivity index (χ1) is 12.5. The summed E-state index contributed by atoms with van der Waals surface area (Å²) < 4.78 is 12.2. The monoisotopic (exact) mass is 358 g/mol. The van der Waals surface area contributed by atoms with Crippen molar-refractivity contribution in [3.8, 4) is 17.2 Å². The molecule has 2 heterocycles. The number of para-hydroxylation sites is 2. The number of carboxylic acid groups (broad SMARTS) is 1. The van der Waals surface area contributed by atoms with Gasteiger partial charge < -0.3 is 14.3 Å². The third-order valence-corrected chi connectivity index (χ3v) is 3.45. The van der Waals surface area contributed by atoms with Gasteiger partial charge in [0.05, 0.1) is 23.3 Å². The lowest BCUT2D eigenvalue weighted by Gasteiger charge is -2.06. The number of nitro groups is 1. The van der Waals surface area contributed by atoms with Gasteiger partial charge in [-0.05, 0) is 6.07 Å². The number of aryl methyl sites for hydroxylation is 1. The summed E-state index contributed by atoms with van der Waals surface area (Å²) in [5, 5.41) is 23.9. The van der Waals surface area contributed by atoms with E-state index >= 15 is 0 Å². The van der Waals surface area contributed by atoms with Crippen LogP contribution in [0.15, 0.2) is 47.3 Å². The summed E-state index contributed by atoms with van der Waals surface area (Å²) in [6, 6.07) is 6.18. The molecule has 1 aromatic carbocycles. The van der Waals surface area contributed by atoms with Gasteiger partial charge in [0.25, 0.3) is 0 Å². The lowest BCUT2D eigenvalue weighted by Crippen LogP contribution is -2.05. The van der Waals surface area contributed by atoms with Crippen molar-refractivity contribution in [3.63, 3.8) is 0 Å². The predicted molar refractivity (Wildman–Crippen MR) is 87.9 cm³/mol. The molecule has 3 aromatic rings. The highest BCUT2D eigenvalue weighted by Gasteiger charge is 2.14. The Hall–Kier alpha value is -3.69. The molecule has 1 N–H and O–H groups in total. The molecule has 0 unspecified atom stereocenters. The zero-order valence-electron chi connectivity index (χ0n) is 13.4. The minimum absolute atomic E-state index is 0.0768. The quantitative estimate of drug-likeness (QED) is 0.369. The van der Waals surface area contributed by atoms with E-state index in [-0.39, 0.29) is 29.6 Å². The van der Waals surface area contributed by atoms with Crippen LogP contribution in [-0.4, -0.2) is 37.4 Å². The maximum atomic E-state index is 10.9. The van der Waals surface area contributed by atoms with E-state index in [9.17, 15) is 14.9 Å². The van der Waals surface area contributed by atoms with Gasteiger partial charge in [-0.25, -0.2) is 9.78 Å². The normalized spacial score (nSPS) is 10.6. The SMILES string of the molecule is O=C(O)c1coc(-c2cnn(CCCOc3ccccc3[N+](=O)[O-])c2)n1. The molecule has 134 valence electrons. The number of carbonyl (C=O) groups is 1. The number of benzene rings is 1. The minimum Gasteiger partial charge on any atom is -0.487 e. The van der Waals surface area contributed by atoms with Crippen LogP contribution in [-0.2, 0) is 6.54 Å². The number of aromatic carboxylic acids is 1. The molecule has 0 atom stereocenters. The van der Waals surface area contributed by atoms with E-state index in [4.69, 9.17) is 14.3 Å². The van der Waals surface area contributed by atoms with Gasteiger partial charge in [-0.1, -0.05) is 12.1 Å². The average molecular weight is 358 g/mol. The molecule has 26 heavy (non-hydrogen) atoms. The Labute approximate surface area is 146 Å². The fraction of sp³-hybridized carbons (Fsp3) is 0.188. The molecule has 0 saturated heterocycles. The highest BCUT2D eigenvalue weighted by Crippen LogP contribution is 2.25. The van der Waals surface area contributed by atoms with Gasteiger partial charge in [-0.3, -0.25) is 14.8 Å². The third kappa shape index (κ3) is 3.86. The van der Waals surface area contributed by atoms with Gasteiger partial charge in [-0.15, -0.1) is 0 Å². The molecule has 0 aliphatic rings. The molecule has 0 spiro atoms. The zero-order valence-corrected chi connectivity index (χ0v) is 13.4. The fourth-order valence-electron chi connectivity index (χ4n) is 2.24. The van der Waals surface area contributed by atoms with Gasteiger partial charge >= 0.3 is 11.7 Å². The summed E-state index contributed by atoms with van der Waals surface area (Å²) in [6.07, 6.45) is 4.82. The number of rotatable bonds is 8. The van der Waals surface area contributed by atoms with Crippen molar-refractivity contribution in [2.75, 3.05) is 6.61 Å². The Kier molecular flexibility index (Phi) is 4.92. The summed E-state index contributed by atoms with van der Waals surface area (Å²) in [5.74, 6) is -0.774. The molecule has 0 radical (unpaired) electrons. The third-order valence-electron chi connectivity index (χ3n) is 3.45. The summed E-state index contributed by atoms with van der Waals surface area (Å²) in [5.41, 5.74) is 0.301. The molecular weight excluding hydrogens is 344 g/mol. The molecule has 3 rings (SSSR count). The van der Waals surface area contributed by atoms with Crippen molar-refractivity contribution in [2.24, 2.45) is 0 Å². The van der Waals surface area contributed by atoms with Gasteiger partial charge in [0.2, 0.25) is 5.89 Å². The number of carboxylic acids is 1. The van der Waals surface area contributed by atoms with E-state index in [1.54, 1.807) is 29.1 Å². The first-order valence-electron chi connectivity index (χ1n) is 7.62. The zero-order chi connectivity index (χ0) is 18.5. The molecule has 0 aliphatic carbocycles.